The van der Waals surface area contributed by atoms with Crippen LogP contribution in [-0.2, 0) is 19.7 Å². The van der Waals surface area contributed by atoms with Crippen molar-refractivity contribution in [3.8, 4) is 5.75 Å². The van der Waals surface area contributed by atoms with Gasteiger partial charge in [-0.25, -0.2) is 0 Å². The Balaban J connectivity index is 3.24. The summed E-state index contributed by atoms with van der Waals surface area (Å²) >= 11 is 0. The van der Waals surface area contributed by atoms with Crippen LogP contribution in [0.4, 0.5) is 0 Å². The number of carboxylic acids is 1. The van der Waals surface area contributed by atoms with Gasteiger partial charge in [-0.3, -0.25) is 9.59 Å². The van der Waals surface area contributed by atoms with Gasteiger partial charge >= 0.3 is 11.9 Å². The number of hydrogen-bond acceptors (Lipinski definition) is 4. The lowest BCUT2D eigenvalue weighted by atomic mass is 9.82. The van der Waals surface area contributed by atoms with E-state index in [9.17, 15) is 14.7 Å². The van der Waals surface area contributed by atoms with Crippen LogP contribution < -0.4 is 4.74 Å². The molecule has 0 aromatic heterocycles. The molecule has 1 aromatic rings. The van der Waals surface area contributed by atoms with Crippen molar-refractivity contribution in [3.05, 3.63) is 29.8 Å². The number of hydrogen-bond donors (Lipinski definition) is 1. The molecule has 0 amide bonds. The molecule has 1 rings (SSSR count). The quantitative estimate of drug-likeness (QED) is 0.667. The highest BCUT2D eigenvalue weighted by molar-refractivity contribution is 6.05. The Labute approximate surface area is 124 Å². The van der Waals surface area contributed by atoms with Crippen molar-refractivity contribution in [2.24, 2.45) is 0 Å². The standard InChI is InChI=1S/C16H22O5/c1-6-20-14(19)16(5,13(17)18)11-8-7-9-12(10-11)21-15(2,3)4/h7-10H,6H2,1-5H3,(H,17,18). The van der Waals surface area contributed by atoms with Crippen molar-refractivity contribution in [2.45, 2.75) is 45.6 Å². The first-order chi connectivity index (χ1) is 9.61. The summed E-state index contributed by atoms with van der Waals surface area (Å²) in [4.78, 5) is 23.7. The van der Waals surface area contributed by atoms with Crippen LogP contribution in [0.3, 0.4) is 0 Å². The van der Waals surface area contributed by atoms with Gasteiger partial charge in [0.1, 0.15) is 11.4 Å². The zero-order chi connectivity index (χ0) is 16.3. The summed E-state index contributed by atoms with van der Waals surface area (Å²) < 4.78 is 10.6. The largest absolute Gasteiger partial charge is 0.488 e. The molecular formula is C16H22O5. The van der Waals surface area contributed by atoms with Crippen LogP contribution in [0.1, 0.15) is 40.2 Å². The van der Waals surface area contributed by atoms with E-state index in [2.05, 4.69) is 0 Å². The molecule has 0 aliphatic rings. The summed E-state index contributed by atoms with van der Waals surface area (Å²) in [7, 11) is 0. The lowest BCUT2D eigenvalue weighted by molar-refractivity contribution is -0.160. The average molecular weight is 294 g/mol. The molecule has 0 fully saturated rings. The molecule has 0 saturated carbocycles. The Hall–Kier alpha value is -2.04. The van der Waals surface area contributed by atoms with Gasteiger partial charge in [0.05, 0.1) is 6.61 Å². The SMILES string of the molecule is CCOC(=O)C(C)(C(=O)O)c1cccc(OC(C)(C)C)c1. The third kappa shape index (κ3) is 3.97. The van der Waals surface area contributed by atoms with E-state index < -0.39 is 23.0 Å². The van der Waals surface area contributed by atoms with Crippen molar-refractivity contribution in [3.63, 3.8) is 0 Å². The third-order valence-corrected chi connectivity index (χ3v) is 2.95. The van der Waals surface area contributed by atoms with Gasteiger partial charge in [-0.2, -0.15) is 0 Å². The molecule has 1 unspecified atom stereocenters. The molecule has 1 atom stereocenters. The molecule has 0 bridgehead atoms. The molecule has 0 aliphatic heterocycles. The smallest absolute Gasteiger partial charge is 0.327 e. The average Bonchev–Trinajstić information content (AvgIpc) is 2.36. The van der Waals surface area contributed by atoms with Crippen molar-refractivity contribution >= 4 is 11.9 Å². The van der Waals surface area contributed by atoms with Gasteiger partial charge in [0.2, 0.25) is 0 Å². The van der Waals surface area contributed by atoms with Crippen LogP contribution in [0.5, 0.6) is 5.75 Å². The molecule has 0 aliphatic carbocycles. The van der Waals surface area contributed by atoms with Gasteiger partial charge in [0.25, 0.3) is 0 Å². The maximum absolute atomic E-state index is 12.1. The first kappa shape index (κ1) is 17.0. The highest BCUT2D eigenvalue weighted by Crippen LogP contribution is 2.30. The predicted octanol–water partition coefficient (Wildman–Crippen LogP) is 2.77. The number of benzene rings is 1. The first-order valence-corrected chi connectivity index (χ1v) is 6.81. The summed E-state index contributed by atoms with van der Waals surface area (Å²) in [6.07, 6.45) is 0. The molecule has 0 radical (unpaired) electrons. The summed E-state index contributed by atoms with van der Waals surface area (Å²) in [5.74, 6) is -1.53. The van der Waals surface area contributed by atoms with Crippen LogP contribution >= 0.6 is 0 Å². The van der Waals surface area contributed by atoms with Gasteiger partial charge < -0.3 is 14.6 Å². The minimum atomic E-state index is -1.76. The maximum atomic E-state index is 12.1. The summed E-state index contributed by atoms with van der Waals surface area (Å²) in [6, 6.07) is 6.54. The van der Waals surface area contributed by atoms with Crippen molar-refractivity contribution in [1.29, 1.82) is 0 Å². The predicted molar refractivity (Wildman–Crippen MR) is 78.4 cm³/mol. The second-order valence-corrected chi connectivity index (χ2v) is 5.89. The number of aliphatic carboxylic acids is 1. The molecule has 0 heterocycles. The third-order valence-electron chi connectivity index (χ3n) is 2.95. The molecule has 1 aromatic carbocycles. The number of carbonyl (C=O) groups is 2. The number of ether oxygens (including phenoxy) is 2. The monoisotopic (exact) mass is 294 g/mol. The molecule has 21 heavy (non-hydrogen) atoms. The van der Waals surface area contributed by atoms with Crippen molar-refractivity contribution < 1.29 is 24.2 Å². The van der Waals surface area contributed by atoms with Gasteiger partial charge in [0, 0.05) is 0 Å². The van der Waals surface area contributed by atoms with E-state index in [0.29, 0.717) is 11.3 Å². The molecular weight excluding hydrogens is 272 g/mol. The number of carbonyl (C=O) groups excluding carboxylic acids is 1. The molecule has 0 saturated heterocycles. The number of rotatable bonds is 5. The second-order valence-electron chi connectivity index (χ2n) is 5.89. The van der Waals surface area contributed by atoms with Gasteiger partial charge in [-0.05, 0) is 52.3 Å². The Morgan fingerprint density at radius 2 is 1.81 bits per heavy atom. The Kier molecular flexibility index (Phi) is 4.99. The minimum Gasteiger partial charge on any atom is -0.488 e. The summed E-state index contributed by atoms with van der Waals surface area (Å²) in [6.45, 7) is 8.77. The van der Waals surface area contributed by atoms with Gasteiger partial charge in [-0.1, -0.05) is 12.1 Å². The van der Waals surface area contributed by atoms with Gasteiger partial charge in [-0.15, -0.1) is 0 Å². The lowest BCUT2D eigenvalue weighted by Gasteiger charge is -2.25. The Morgan fingerprint density at radius 3 is 2.29 bits per heavy atom. The lowest BCUT2D eigenvalue weighted by Crippen LogP contribution is -2.42. The van der Waals surface area contributed by atoms with E-state index in [1.165, 1.54) is 6.92 Å². The summed E-state index contributed by atoms with van der Waals surface area (Å²) in [5.41, 5.74) is -1.84. The van der Waals surface area contributed by atoms with Crippen molar-refractivity contribution in [2.75, 3.05) is 6.61 Å². The van der Waals surface area contributed by atoms with Crippen LogP contribution in [-0.4, -0.2) is 29.3 Å². The highest BCUT2D eigenvalue weighted by atomic mass is 16.5. The summed E-state index contributed by atoms with van der Waals surface area (Å²) in [5, 5.41) is 9.46. The minimum absolute atomic E-state index is 0.125. The molecule has 5 heteroatoms. The zero-order valence-electron chi connectivity index (χ0n) is 13.1. The molecule has 0 spiro atoms. The fraction of sp³-hybridized carbons (Fsp3) is 0.500. The molecule has 5 nitrogen and oxygen atoms in total. The normalized spacial score (nSPS) is 14.1. The molecule has 116 valence electrons. The van der Waals surface area contributed by atoms with E-state index in [4.69, 9.17) is 9.47 Å². The van der Waals surface area contributed by atoms with E-state index in [1.807, 2.05) is 20.8 Å². The van der Waals surface area contributed by atoms with Crippen LogP contribution in [0.25, 0.3) is 0 Å². The van der Waals surface area contributed by atoms with Crippen molar-refractivity contribution in [1.82, 2.24) is 0 Å². The van der Waals surface area contributed by atoms with Gasteiger partial charge in [0.15, 0.2) is 5.41 Å². The van der Waals surface area contributed by atoms with E-state index >= 15 is 0 Å². The first-order valence-electron chi connectivity index (χ1n) is 6.81. The Morgan fingerprint density at radius 1 is 1.19 bits per heavy atom. The topological polar surface area (TPSA) is 72.8 Å². The highest BCUT2D eigenvalue weighted by Gasteiger charge is 2.45. The van der Waals surface area contributed by atoms with E-state index in [1.54, 1.807) is 31.2 Å². The second kappa shape index (κ2) is 6.16. The zero-order valence-corrected chi connectivity index (χ0v) is 13.1. The van der Waals surface area contributed by atoms with Crippen LogP contribution in [0.2, 0.25) is 0 Å². The number of carboxylic acid groups (broad SMARTS) is 1. The molecule has 1 N–H and O–H groups in total. The van der Waals surface area contributed by atoms with Crippen LogP contribution in [0.15, 0.2) is 24.3 Å². The Bertz CT molecular complexity index is 530. The van der Waals surface area contributed by atoms with Crippen LogP contribution in [0, 0.1) is 0 Å². The van der Waals surface area contributed by atoms with E-state index in [-0.39, 0.29) is 6.61 Å². The van der Waals surface area contributed by atoms with E-state index in [0.717, 1.165) is 0 Å². The fourth-order valence-corrected chi connectivity index (χ4v) is 1.83. The number of esters is 1. The fourth-order valence-electron chi connectivity index (χ4n) is 1.83. The maximum Gasteiger partial charge on any atom is 0.327 e.